The highest BCUT2D eigenvalue weighted by molar-refractivity contribution is 5.36. The Bertz CT molecular complexity index is 388. The van der Waals surface area contributed by atoms with E-state index < -0.39 is 0 Å². The molecule has 1 aliphatic carbocycles. The molecule has 0 spiro atoms. The molecule has 1 N–H and O–H groups in total. The van der Waals surface area contributed by atoms with E-state index >= 15 is 0 Å². The summed E-state index contributed by atoms with van der Waals surface area (Å²) in [5.41, 5.74) is 1.51. The van der Waals surface area contributed by atoms with Gasteiger partial charge in [0.2, 0.25) is 0 Å². The van der Waals surface area contributed by atoms with E-state index in [9.17, 15) is 0 Å². The van der Waals surface area contributed by atoms with Crippen molar-refractivity contribution >= 4 is 5.82 Å². The molecule has 1 heterocycles. The van der Waals surface area contributed by atoms with Crippen molar-refractivity contribution in [2.24, 2.45) is 5.41 Å². The quantitative estimate of drug-likeness (QED) is 0.823. The molecular weight excluding hydrogens is 214 g/mol. The molecule has 0 bridgehead atoms. The highest BCUT2D eigenvalue weighted by atomic mass is 16.5. The van der Waals surface area contributed by atoms with Crippen LogP contribution < -0.4 is 5.32 Å². The first-order valence-electron chi connectivity index (χ1n) is 6.25. The van der Waals surface area contributed by atoms with Crippen LogP contribution in [-0.4, -0.2) is 23.6 Å². The van der Waals surface area contributed by atoms with Crippen molar-refractivity contribution in [3.8, 4) is 0 Å². The van der Waals surface area contributed by atoms with Crippen LogP contribution in [0, 0.1) is 12.3 Å². The molecule has 0 amide bonds. The topological polar surface area (TPSA) is 47.0 Å². The van der Waals surface area contributed by atoms with E-state index in [1.807, 2.05) is 13.0 Å². The van der Waals surface area contributed by atoms with E-state index in [4.69, 9.17) is 4.74 Å². The van der Waals surface area contributed by atoms with Gasteiger partial charge >= 0.3 is 0 Å². The Labute approximate surface area is 103 Å². The van der Waals surface area contributed by atoms with E-state index in [2.05, 4.69) is 22.2 Å². The van der Waals surface area contributed by atoms with Gasteiger partial charge in [0.1, 0.15) is 12.4 Å². The lowest BCUT2D eigenvalue weighted by molar-refractivity contribution is 0.177. The van der Waals surface area contributed by atoms with Gasteiger partial charge < -0.3 is 10.1 Å². The zero-order chi connectivity index (χ0) is 12.3. The summed E-state index contributed by atoms with van der Waals surface area (Å²) in [7, 11) is 1.66. The molecule has 0 aromatic carbocycles. The van der Waals surface area contributed by atoms with E-state index in [-0.39, 0.29) is 0 Å². The number of anilines is 1. The first-order valence-corrected chi connectivity index (χ1v) is 6.25. The number of nitrogens with zero attached hydrogens (tertiary/aromatic N) is 2. The number of hydrogen-bond donors (Lipinski definition) is 1. The Hall–Kier alpha value is -1.16. The first-order chi connectivity index (χ1) is 8.17. The van der Waals surface area contributed by atoms with E-state index in [0.717, 1.165) is 23.9 Å². The molecule has 4 heteroatoms. The highest BCUT2D eigenvalue weighted by Crippen LogP contribution is 2.48. The lowest BCUT2D eigenvalue weighted by Crippen LogP contribution is -2.16. The summed E-state index contributed by atoms with van der Waals surface area (Å²) >= 11 is 0. The van der Waals surface area contributed by atoms with Crippen LogP contribution in [0.15, 0.2) is 6.07 Å². The van der Waals surface area contributed by atoms with Gasteiger partial charge in [0.25, 0.3) is 0 Å². The van der Waals surface area contributed by atoms with Crippen LogP contribution in [0.2, 0.25) is 0 Å². The number of nitrogens with one attached hydrogen (secondary N) is 1. The zero-order valence-electron chi connectivity index (χ0n) is 10.9. The summed E-state index contributed by atoms with van der Waals surface area (Å²) in [6, 6.07) is 1.99. The first kappa shape index (κ1) is 12.3. The maximum absolute atomic E-state index is 5.06. The van der Waals surface area contributed by atoms with Crippen LogP contribution in [0.1, 0.15) is 37.7 Å². The Morgan fingerprint density at radius 2 is 2.18 bits per heavy atom. The summed E-state index contributed by atoms with van der Waals surface area (Å²) in [5.74, 6) is 1.67. The van der Waals surface area contributed by atoms with Gasteiger partial charge in [-0.1, -0.05) is 6.92 Å². The third-order valence-corrected chi connectivity index (χ3v) is 3.53. The average Bonchev–Trinajstić information content (AvgIpc) is 3.07. The third kappa shape index (κ3) is 3.16. The molecule has 0 unspecified atom stereocenters. The zero-order valence-corrected chi connectivity index (χ0v) is 10.9. The highest BCUT2D eigenvalue weighted by Gasteiger charge is 2.40. The second-order valence-electron chi connectivity index (χ2n) is 4.95. The van der Waals surface area contributed by atoms with Crippen molar-refractivity contribution in [3.05, 3.63) is 17.6 Å². The molecule has 1 aromatic heterocycles. The minimum atomic E-state index is 0.468. The monoisotopic (exact) mass is 235 g/mol. The van der Waals surface area contributed by atoms with Gasteiger partial charge in [-0.15, -0.1) is 0 Å². The van der Waals surface area contributed by atoms with Crippen LogP contribution in [0.5, 0.6) is 0 Å². The number of hydrogen-bond acceptors (Lipinski definition) is 4. The van der Waals surface area contributed by atoms with Crippen molar-refractivity contribution in [1.82, 2.24) is 9.97 Å². The van der Waals surface area contributed by atoms with E-state index in [1.54, 1.807) is 7.11 Å². The maximum Gasteiger partial charge on any atom is 0.156 e. The van der Waals surface area contributed by atoms with Crippen molar-refractivity contribution < 1.29 is 4.74 Å². The largest absolute Gasteiger partial charge is 0.377 e. The Kier molecular flexibility index (Phi) is 3.62. The molecule has 0 radical (unpaired) electrons. The predicted molar refractivity (Wildman–Crippen MR) is 67.9 cm³/mol. The second kappa shape index (κ2) is 5.00. The van der Waals surface area contributed by atoms with Gasteiger partial charge in [0, 0.05) is 25.4 Å². The van der Waals surface area contributed by atoms with Crippen molar-refractivity contribution in [3.63, 3.8) is 0 Å². The van der Waals surface area contributed by atoms with Gasteiger partial charge in [0.05, 0.1) is 0 Å². The Morgan fingerprint density at radius 3 is 2.76 bits per heavy atom. The minimum absolute atomic E-state index is 0.468. The number of rotatable bonds is 6. The molecule has 0 atom stereocenters. The molecule has 1 saturated carbocycles. The Morgan fingerprint density at radius 1 is 1.41 bits per heavy atom. The normalized spacial score (nSPS) is 16.9. The van der Waals surface area contributed by atoms with Crippen LogP contribution >= 0.6 is 0 Å². The molecule has 4 nitrogen and oxygen atoms in total. The van der Waals surface area contributed by atoms with Crippen LogP contribution in [0.25, 0.3) is 0 Å². The van der Waals surface area contributed by atoms with E-state index in [0.29, 0.717) is 12.0 Å². The predicted octanol–water partition coefficient (Wildman–Crippen LogP) is 2.53. The molecule has 2 rings (SSSR count). The lowest BCUT2D eigenvalue weighted by Gasteiger charge is -2.14. The van der Waals surface area contributed by atoms with Gasteiger partial charge in [-0.3, -0.25) is 0 Å². The summed E-state index contributed by atoms with van der Waals surface area (Å²) in [6.45, 7) is 5.73. The lowest BCUT2D eigenvalue weighted by atomic mass is 10.0. The molecule has 1 aliphatic rings. The van der Waals surface area contributed by atoms with Crippen LogP contribution in [0.3, 0.4) is 0 Å². The van der Waals surface area contributed by atoms with Gasteiger partial charge in [0.15, 0.2) is 5.82 Å². The molecule has 1 aromatic rings. The fourth-order valence-electron chi connectivity index (χ4n) is 2.02. The minimum Gasteiger partial charge on any atom is -0.377 e. The molecule has 0 saturated heterocycles. The summed E-state index contributed by atoms with van der Waals surface area (Å²) in [5, 5.41) is 3.43. The smallest absolute Gasteiger partial charge is 0.156 e. The average molecular weight is 235 g/mol. The second-order valence-corrected chi connectivity index (χ2v) is 4.95. The molecule has 0 aliphatic heterocycles. The fourth-order valence-corrected chi connectivity index (χ4v) is 2.02. The number of aryl methyl sites for hydroxylation is 1. The molecule has 94 valence electrons. The number of methoxy groups -OCH3 is 1. The van der Waals surface area contributed by atoms with Gasteiger partial charge in [-0.05, 0) is 31.6 Å². The third-order valence-electron chi connectivity index (χ3n) is 3.53. The van der Waals surface area contributed by atoms with Crippen molar-refractivity contribution in [2.45, 2.75) is 39.7 Å². The van der Waals surface area contributed by atoms with Crippen molar-refractivity contribution in [1.29, 1.82) is 0 Å². The maximum atomic E-state index is 5.06. The van der Waals surface area contributed by atoms with Gasteiger partial charge in [-0.2, -0.15) is 0 Å². The SMILES string of the molecule is CCC1(CNc2cc(C)nc(COC)n2)CC1. The standard InChI is InChI=1S/C13H21N3O/c1-4-13(5-6-13)9-14-11-7-10(2)15-12(16-11)8-17-3/h7H,4-6,8-9H2,1-3H3,(H,14,15,16). The van der Waals surface area contributed by atoms with E-state index in [1.165, 1.54) is 19.3 Å². The summed E-state index contributed by atoms with van der Waals surface area (Å²) in [6.07, 6.45) is 3.92. The summed E-state index contributed by atoms with van der Waals surface area (Å²) in [4.78, 5) is 8.77. The van der Waals surface area contributed by atoms with Crippen LogP contribution in [-0.2, 0) is 11.3 Å². The van der Waals surface area contributed by atoms with Crippen LogP contribution in [0.4, 0.5) is 5.82 Å². The summed E-state index contributed by atoms with van der Waals surface area (Å²) < 4.78 is 5.06. The Balaban J connectivity index is 2.00. The van der Waals surface area contributed by atoms with Gasteiger partial charge in [-0.25, -0.2) is 9.97 Å². The number of ether oxygens (including phenoxy) is 1. The molecule has 17 heavy (non-hydrogen) atoms. The molecule has 1 fully saturated rings. The van der Waals surface area contributed by atoms with Crippen molar-refractivity contribution in [2.75, 3.05) is 19.0 Å². The number of aromatic nitrogens is 2. The molecular formula is C13H21N3O. The fraction of sp³-hybridized carbons (Fsp3) is 0.692.